The number of nitrogens with zero attached hydrogens (tertiary/aromatic N) is 4. The van der Waals surface area contributed by atoms with E-state index in [-0.39, 0.29) is 6.10 Å². The number of imidazole rings is 1. The number of hydrogen-bond donors (Lipinski definition) is 1. The Kier molecular flexibility index (Phi) is 4.56. The zero-order valence-corrected chi connectivity index (χ0v) is 17.9. The lowest BCUT2D eigenvalue weighted by Gasteiger charge is -2.36. The number of rotatable bonds is 4. The van der Waals surface area contributed by atoms with Crippen LogP contribution in [-0.2, 0) is 10.3 Å². The van der Waals surface area contributed by atoms with E-state index in [0.717, 1.165) is 51.8 Å². The van der Waals surface area contributed by atoms with Gasteiger partial charge in [-0.1, -0.05) is 23.7 Å². The van der Waals surface area contributed by atoms with E-state index in [2.05, 4.69) is 34.0 Å². The van der Waals surface area contributed by atoms with Crippen LogP contribution >= 0.6 is 11.6 Å². The fourth-order valence-electron chi connectivity index (χ4n) is 4.43. The minimum Gasteiger partial charge on any atom is -0.380 e. The molecule has 2 aromatic heterocycles. The average Bonchev–Trinajstić information content (AvgIpc) is 3.49. The molecule has 1 N–H and O–H groups in total. The first-order chi connectivity index (χ1) is 14.5. The summed E-state index contributed by atoms with van der Waals surface area (Å²) < 4.78 is 7.64. The normalized spacial score (nSPS) is 21.6. The highest BCUT2D eigenvalue weighted by Gasteiger charge is 2.46. The first-order valence-corrected chi connectivity index (χ1v) is 10.4. The molecule has 7 heteroatoms. The highest BCUT2D eigenvalue weighted by molar-refractivity contribution is 6.32. The molecule has 0 bridgehead atoms. The number of hydrogen-bond acceptors (Lipinski definition) is 4. The summed E-state index contributed by atoms with van der Waals surface area (Å²) in [6.45, 7) is 4.96. The Hall–Kier alpha value is -2.83. The van der Waals surface area contributed by atoms with E-state index in [1.54, 1.807) is 13.3 Å². The van der Waals surface area contributed by atoms with Crippen molar-refractivity contribution in [3.63, 3.8) is 0 Å². The molecular formula is C23H23ClN5O. The number of ether oxygens (including phenoxy) is 1. The molecule has 0 spiro atoms. The van der Waals surface area contributed by atoms with Crippen molar-refractivity contribution in [2.45, 2.75) is 31.9 Å². The number of methoxy groups -OCH3 is 1. The van der Waals surface area contributed by atoms with Crippen LogP contribution in [-0.4, -0.2) is 39.5 Å². The maximum atomic E-state index is 6.34. The zero-order valence-electron chi connectivity index (χ0n) is 17.2. The predicted octanol–water partition coefficient (Wildman–Crippen LogP) is 4.65. The van der Waals surface area contributed by atoms with E-state index in [1.807, 2.05) is 48.1 Å². The van der Waals surface area contributed by atoms with Gasteiger partial charge in [0, 0.05) is 43.6 Å². The third kappa shape index (κ3) is 2.90. The van der Waals surface area contributed by atoms with Crippen molar-refractivity contribution in [1.29, 1.82) is 0 Å². The largest absolute Gasteiger partial charge is 0.380 e. The summed E-state index contributed by atoms with van der Waals surface area (Å²) in [6.07, 6.45) is 4.60. The molecule has 3 heterocycles. The number of fused-ring (bicyclic) bond motifs is 1. The van der Waals surface area contributed by atoms with Crippen LogP contribution in [0.25, 0.3) is 16.7 Å². The molecule has 1 aliphatic rings. The molecule has 1 saturated heterocycles. The second-order valence-electron chi connectivity index (χ2n) is 7.95. The van der Waals surface area contributed by atoms with E-state index >= 15 is 0 Å². The summed E-state index contributed by atoms with van der Waals surface area (Å²) in [6, 6.07) is 15.2. The second-order valence-corrected chi connectivity index (χ2v) is 8.36. The molecular weight excluding hydrogens is 398 g/mol. The van der Waals surface area contributed by atoms with Crippen molar-refractivity contribution in [3.05, 3.63) is 71.3 Å². The van der Waals surface area contributed by atoms with E-state index in [9.17, 15) is 0 Å². The van der Waals surface area contributed by atoms with Crippen molar-refractivity contribution in [2.24, 2.45) is 0 Å². The number of H-pyrrole nitrogens is 1. The van der Waals surface area contributed by atoms with Crippen LogP contribution in [0, 0.1) is 13.0 Å². The monoisotopic (exact) mass is 420 g/mol. The Morgan fingerprint density at radius 3 is 2.93 bits per heavy atom. The number of aromatic amines is 1. The molecule has 2 atom stereocenters. The fraction of sp³-hybridized carbons (Fsp3) is 0.304. The van der Waals surface area contributed by atoms with E-state index in [1.165, 1.54) is 0 Å². The number of anilines is 1. The van der Waals surface area contributed by atoms with Crippen molar-refractivity contribution in [2.75, 3.05) is 18.6 Å². The molecule has 5 rings (SSSR count). The average molecular weight is 421 g/mol. The van der Waals surface area contributed by atoms with Crippen molar-refractivity contribution >= 4 is 28.3 Å². The lowest BCUT2D eigenvalue weighted by Crippen LogP contribution is -2.40. The molecule has 153 valence electrons. The lowest BCUT2D eigenvalue weighted by molar-refractivity contribution is 0.113. The predicted molar refractivity (Wildman–Crippen MR) is 118 cm³/mol. The van der Waals surface area contributed by atoms with Gasteiger partial charge in [0.2, 0.25) is 0 Å². The van der Waals surface area contributed by atoms with Gasteiger partial charge < -0.3 is 14.6 Å². The Bertz CT molecular complexity index is 1200. The standard InChI is InChI=1S/C23H23ClN5O/c1-15-17(24)9-10-18-21(15)27-22(26-18)23(2)13-16(30-3)14-28(23)19-7-4-5-8-20(19)29-12-6-11-25-29/h4-7,9-12,16H,13-14H2,1-3H3,(H,26,27)/t16-,23?/m1/s1. The molecule has 2 aromatic carbocycles. The van der Waals surface area contributed by atoms with E-state index in [0.29, 0.717) is 0 Å². The molecule has 0 amide bonds. The van der Waals surface area contributed by atoms with Crippen LogP contribution in [0.5, 0.6) is 0 Å². The van der Waals surface area contributed by atoms with Gasteiger partial charge in [-0.2, -0.15) is 5.10 Å². The van der Waals surface area contributed by atoms with Gasteiger partial charge in [-0.05, 0) is 43.7 Å². The molecule has 1 radical (unpaired) electrons. The summed E-state index contributed by atoms with van der Waals surface area (Å²) in [5.41, 5.74) is 4.43. The van der Waals surface area contributed by atoms with Gasteiger partial charge in [0.1, 0.15) is 5.82 Å². The van der Waals surface area contributed by atoms with Gasteiger partial charge >= 0.3 is 0 Å². The quantitative estimate of drug-likeness (QED) is 0.522. The van der Waals surface area contributed by atoms with Crippen LogP contribution in [0.3, 0.4) is 0 Å². The number of aromatic nitrogens is 4. The van der Waals surface area contributed by atoms with Crippen LogP contribution < -0.4 is 4.90 Å². The molecule has 6 nitrogen and oxygen atoms in total. The summed E-state index contributed by atoms with van der Waals surface area (Å²) in [5.74, 6) is 0.901. The maximum Gasteiger partial charge on any atom is 0.133 e. The van der Waals surface area contributed by atoms with E-state index in [4.69, 9.17) is 21.3 Å². The van der Waals surface area contributed by atoms with Crippen molar-refractivity contribution in [1.82, 2.24) is 19.7 Å². The van der Waals surface area contributed by atoms with Gasteiger partial charge in [0.25, 0.3) is 0 Å². The molecule has 4 aromatic rings. The minimum atomic E-state index is -0.393. The second kappa shape index (κ2) is 7.15. The van der Waals surface area contributed by atoms with Crippen LogP contribution in [0.15, 0.2) is 48.8 Å². The smallest absolute Gasteiger partial charge is 0.133 e. The number of aryl methyl sites for hydroxylation is 1. The highest BCUT2D eigenvalue weighted by Crippen LogP contribution is 2.44. The van der Waals surface area contributed by atoms with Gasteiger partial charge in [-0.15, -0.1) is 0 Å². The molecule has 1 unspecified atom stereocenters. The lowest BCUT2D eigenvalue weighted by atomic mass is 9.96. The van der Waals surface area contributed by atoms with Crippen LogP contribution in [0.4, 0.5) is 5.69 Å². The molecule has 1 fully saturated rings. The summed E-state index contributed by atoms with van der Waals surface area (Å²) in [4.78, 5) is 10.9. The maximum absolute atomic E-state index is 6.34. The fourth-order valence-corrected chi connectivity index (χ4v) is 4.59. The van der Waals surface area contributed by atoms with Crippen LogP contribution in [0.1, 0.15) is 24.7 Å². The Labute approximate surface area is 180 Å². The van der Waals surface area contributed by atoms with Gasteiger partial charge in [-0.3, -0.25) is 0 Å². The number of halogens is 1. The number of nitrogens with one attached hydrogen (secondary N) is 1. The molecule has 30 heavy (non-hydrogen) atoms. The molecule has 1 aliphatic heterocycles. The Morgan fingerprint density at radius 1 is 1.30 bits per heavy atom. The summed E-state index contributed by atoms with van der Waals surface area (Å²) >= 11 is 6.34. The highest BCUT2D eigenvalue weighted by atomic mass is 35.5. The Balaban J connectivity index is 1.67. The number of para-hydroxylation sites is 1. The van der Waals surface area contributed by atoms with Crippen LogP contribution in [0.2, 0.25) is 5.02 Å². The topological polar surface area (TPSA) is 59.0 Å². The SMILES string of the molecule is CO[C@H]1CN(c2ccc[c]c2-n2cccn2)C(C)(c2nc3c(C)c(Cl)ccc3[nH]2)C1. The van der Waals surface area contributed by atoms with Crippen molar-refractivity contribution in [3.8, 4) is 5.69 Å². The third-order valence-electron chi connectivity index (χ3n) is 6.13. The third-order valence-corrected chi connectivity index (χ3v) is 6.54. The first-order valence-electron chi connectivity index (χ1n) is 9.98. The first kappa shape index (κ1) is 19.2. The van der Waals surface area contributed by atoms with Gasteiger partial charge in [0.05, 0.1) is 34.1 Å². The zero-order chi connectivity index (χ0) is 20.9. The summed E-state index contributed by atoms with van der Waals surface area (Å²) in [5, 5.41) is 5.15. The van der Waals surface area contributed by atoms with Gasteiger partial charge in [-0.25, -0.2) is 9.67 Å². The van der Waals surface area contributed by atoms with Crippen molar-refractivity contribution < 1.29 is 4.74 Å². The number of benzene rings is 2. The summed E-state index contributed by atoms with van der Waals surface area (Å²) in [7, 11) is 1.77. The van der Waals surface area contributed by atoms with E-state index < -0.39 is 5.54 Å². The molecule has 0 aliphatic carbocycles. The Morgan fingerprint density at radius 2 is 2.17 bits per heavy atom. The minimum absolute atomic E-state index is 0.0820. The molecule has 0 saturated carbocycles. The van der Waals surface area contributed by atoms with Gasteiger partial charge in [0.15, 0.2) is 0 Å².